The first-order valence-corrected chi connectivity index (χ1v) is 12.5. The van der Waals surface area contributed by atoms with E-state index in [2.05, 4.69) is 48.2 Å². The Labute approximate surface area is 200 Å². The standard InChI is InChI=1S/C28H29N3OS/c1-20(21-11-5-3-6-12-21)30(2)28(32)22-15-16-26-24(19-22)29-27(31-17-9-4-10-18-31)23-13-7-8-14-25(23)33-26/h3,5-8,11-16,19-20H,4,9-10,17-18H2,1-2H3. The number of amidine groups is 1. The van der Waals surface area contributed by atoms with Crippen LogP contribution in [0.15, 0.2) is 87.6 Å². The maximum Gasteiger partial charge on any atom is 0.254 e. The minimum atomic E-state index is -0.0106. The molecule has 3 aromatic carbocycles. The zero-order chi connectivity index (χ0) is 22.8. The van der Waals surface area contributed by atoms with Gasteiger partial charge in [0.15, 0.2) is 0 Å². The van der Waals surface area contributed by atoms with E-state index in [9.17, 15) is 4.79 Å². The Morgan fingerprint density at radius 1 is 0.939 bits per heavy atom. The van der Waals surface area contributed by atoms with E-state index < -0.39 is 0 Å². The second-order valence-electron chi connectivity index (χ2n) is 8.77. The van der Waals surface area contributed by atoms with Gasteiger partial charge >= 0.3 is 0 Å². The van der Waals surface area contributed by atoms with Crippen LogP contribution in [0.1, 0.15) is 53.7 Å². The maximum absolute atomic E-state index is 13.4. The van der Waals surface area contributed by atoms with E-state index in [1.54, 1.807) is 11.8 Å². The predicted octanol–water partition coefficient (Wildman–Crippen LogP) is 6.55. The van der Waals surface area contributed by atoms with Gasteiger partial charge in [0.25, 0.3) is 5.91 Å². The molecule has 168 valence electrons. The number of amides is 1. The van der Waals surface area contributed by atoms with Crippen LogP contribution in [0.3, 0.4) is 0 Å². The number of rotatable bonds is 3. The molecule has 1 fully saturated rings. The molecule has 5 heteroatoms. The Morgan fingerprint density at radius 2 is 1.67 bits per heavy atom. The number of fused-ring (bicyclic) bond motifs is 2. The Kier molecular flexibility index (Phi) is 6.23. The highest BCUT2D eigenvalue weighted by Crippen LogP contribution is 2.41. The molecule has 2 aliphatic rings. The quantitative estimate of drug-likeness (QED) is 0.449. The van der Waals surface area contributed by atoms with Gasteiger partial charge in [0.1, 0.15) is 5.84 Å². The average Bonchev–Trinajstić information content (AvgIpc) is 3.04. The summed E-state index contributed by atoms with van der Waals surface area (Å²) in [5.74, 6) is 1.04. The van der Waals surface area contributed by atoms with Crippen molar-refractivity contribution in [2.45, 2.75) is 42.0 Å². The summed E-state index contributed by atoms with van der Waals surface area (Å²) < 4.78 is 0. The number of hydrogen-bond donors (Lipinski definition) is 0. The molecule has 2 heterocycles. The van der Waals surface area contributed by atoms with E-state index >= 15 is 0 Å². The lowest BCUT2D eigenvalue weighted by atomic mass is 10.1. The molecule has 0 saturated carbocycles. The second kappa shape index (κ2) is 9.44. The minimum absolute atomic E-state index is 0.00985. The summed E-state index contributed by atoms with van der Waals surface area (Å²) in [5, 5.41) is 0. The van der Waals surface area contributed by atoms with Crippen LogP contribution in [-0.4, -0.2) is 41.7 Å². The molecule has 1 unspecified atom stereocenters. The molecule has 4 nitrogen and oxygen atoms in total. The van der Waals surface area contributed by atoms with E-state index in [0.717, 1.165) is 35.1 Å². The lowest BCUT2D eigenvalue weighted by Gasteiger charge is -2.30. The molecule has 0 aliphatic carbocycles. The number of benzene rings is 3. The first-order chi connectivity index (χ1) is 16.1. The molecule has 0 aromatic heterocycles. The molecular weight excluding hydrogens is 426 g/mol. The molecule has 1 saturated heterocycles. The smallest absolute Gasteiger partial charge is 0.254 e. The van der Waals surface area contributed by atoms with Crippen LogP contribution in [0.2, 0.25) is 0 Å². The summed E-state index contributed by atoms with van der Waals surface area (Å²) >= 11 is 1.74. The number of nitrogens with zero attached hydrogens (tertiary/aromatic N) is 3. The molecule has 0 bridgehead atoms. The van der Waals surface area contributed by atoms with Crippen LogP contribution in [0, 0.1) is 0 Å². The highest BCUT2D eigenvalue weighted by Gasteiger charge is 2.25. The van der Waals surface area contributed by atoms with Crippen molar-refractivity contribution < 1.29 is 4.79 Å². The lowest BCUT2D eigenvalue weighted by molar-refractivity contribution is 0.0742. The van der Waals surface area contributed by atoms with Crippen molar-refractivity contribution in [3.05, 3.63) is 89.5 Å². The number of aliphatic imine (C=N–C) groups is 1. The first-order valence-electron chi connectivity index (χ1n) is 11.7. The number of likely N-dealkylation sites (tertiary alicyclic amines) is 1. The molecule has 0 N–H and O–H groups in total. The molecule has 1 atom stereocenters. The van der Waals surface area contributed by atoms with Gasteiger partial charge in [0.2, 0.25) is 0 Å². The molecule has 5 rings (SSSR count). The number of hydrogen-bond acceptors (Lipinski definition) is 4. The zero-order valence-corrected chi connectivity index (χ0v) is 20.0. The Bertz CT molecular complexity index is 1180. The van der Waals surface area contributed by atoms with E-state index in [1.807, 2.05) is 48.3 Å². The summed E-state index contributed by atoms with van der Waals surface area (Å²) in [6.07, 6.45) is 3.67. The second-order valence-corrected chi connectivity index (χ2v) is 9.85. The average molecular weight is 456 g/mol. The van der Waals surface area contributed by atoms with Crippen molar-refractivity contribution in [2.24, 2.45) is 4.99 Å². The third-order valence-electron chi connectivity index (χ3n) is 6.62. The molecule has 0 radical (unpaired) electrons. The normalized spacial score (nSPS) is 16.2. The van der Waals surface area contributed by atoms with Gasteiger partial charge in [-0.3, -0.25) is 4.79 Å². The summed E-state index contributed by atoms with van der Waals surface area (Å²) in [5.41, 5.74) is 3.86. The summed E-state index contributed by atoms with van der Waals surface area (Å²) in [4.78, 5) is 25.1. The third kappa shape index (κ3) is 4.42. The van der Waals surface area contributed by atoms with Crippen molar-refractivity contribution in [2.75, 3.05) is 20.1 Å². The summed E-state index contributed by atoms with van der Waals surface area (Å²) in [7, 11) is 1.87. The topological polar surface area (TPSA) is 35.9 Å². The summed E-state index contributed by atoms with van der Waals surface area (Å²) in [6, 6.07) is 24.6. The summed E-state index contributed by atoms with van der Waals surface area (Å²) in [6.45, 7) is 4.13. The highest BCUT2D eigenvalue weighted by atomic mass is 32.2. The van der Waals surface area contributed by atoms with Crippen molar-refractivity contribution >= 4 is 29.2 Å². The van der Waals surface area contributed by atoms with Crippen molar-refractivity contribution in [1.29, 1.82) is 0 Å². The van der Waals surface area contributed by atoms with Gasteiger partial charge in [-0.1, -0.05) is 60.3 Å². The van der Waals surface area contributed by atoms with Gasteiger partial charge in [0, 0.05) is 41.1 Å². The van der Waals surface area contributed by atoms with Crippen molar-refractivity contribution in [3.8, 4) is 0 Å². The van der Waals surface area contributed by atoms with Crippen molar-refractivity contribution in [1.82, 2.24) is 9.80 Å². The third-order valence-corrected chi connectivity index (χ3v) is 7.76. The minimum Gasteiger partial charge on any atom is -0.356 e. The fraction of sp³-hybridized carbons (Fsp3) is 0.286. The zero-order valence-electron chi connectivity index (χ0n) is 19.2. The number of piperidine rings is 1. The highest BCUT2D eigenvalue weighted by molar-refractivity contribution is 7.99. The predicted molar refractivity (Wildman–Crippen MR) is 136 cm³/mol. The van der Waals surface area contributed by atoms with Crippen LogP contribution >= 0.6 is 11.8 Å². The lowest BCUT2D eigenvalue weighted by Crippen LogP contribution is -2.36. The Hall–Kier alpha value is -3.05. The maximum atomic E-state index is 13.4. The van der Waals surface area contributed by atoms with Gasteiger partial charge in [-0.25, -0.2) is 4.99 Å². The van der Waals surface area contributed by atoms with Crippen LogP contribution in [0.25, 0.3) is 0 Å². The molecule has 33 heavy (non-hydrogen) atoms. The fourth-order valence-electron chi connectivity index (χ4n) is 4.54. The Balaban J connectivity index is 1.50. The van der Waals surface area contributed by atoms with Crippen LogP contribution in [-0.2, 0) is 0 Å². The van der Waals surface area contributed by atoms with Crippen molar-refractivity contribution in [3.63, 3.8) is 0 Å². The van der Waals surface area contributed by atoms with Crippen LogP contribution < -0.4 is 0 Å². The molecule has 3 aromatic rings. The molecular formula is C28H29N3OS. The monoisotopic (exact) mass is 455 g/mol. The van der Waals surface area contributed by atoms with Gasteiger partial charge in [-0.15, -0.1) is 0 Å². The largest absolute Gasteiger partial charge is 0.356 e. The van der Waals surface area contributed by atoms with Crippen LogP contribution in [0.4, 0.5) is 5.69 Å². The fourth-order valence-corrected chi connectivity index (χ4v) is 5.54. The molecule has 1 amide bonds. The molecule has 2 aliphatic heterocycles. The van der Waals surface area contributed by atoms with E-state index in [-0.39, 0.29) is 11.9 Å². The van der Waals surface area contributed by atoms with Gasteiger partial charge < -0.3 is 9.80 Å². The van der Waals surface area contributed by atoms with E-state index in [1.165, 1.54) is 29.7 Å². The molecule has 0 spiro atoms. The van der Waals surface area contributed by atoms with Gasteiger partial charge in [-0.05, 0) is 56.0 Å². The SMILES string of the molecule is CC(c1ccccc1)N(C)C(=O)c1ccc2c(c1)N=C(N1CCCCC1)c1ccccc1S2. The van der Waals surface area contributed by atoms with E-state index in [0.29, 0.717) is 5.56 Å². The number of carbonyl (C=O) groups is 1. The van der Waals surface area contributed by atoms with Gasteiger partial charge in [0.05, 0.1) is 11.7 Å². The number of carbonyl (C=O) groups excluding carboxylic acids is 1. The van der Waals surface area contributed by atoms with Gasteiger partial charge in [-0.2, -0.15) is 0 Å². The van der Waals surface area contributed by atoms with E-state index in [4.69, 9.17) is 4.99 Å². The van der Waals surface area contributed by atoms with Crippen LogP contribution in [0.5, 0.6) is 0 Å². The Morgan fingerprint density at radius 3 is 2.45 bits per heavy atom. The first kappa shape index (κ1) is 21.8.